The van der Waals surface area contributed by atoms with Crippen LogP contribution < -0.4 is 15.8 Å². The first-order valence-corrected chi connectivity index (χ1v) is 9.35. The summed E-state index contributed by atoms with van der Waals surface area (Å²) in [6.07, 6.45) is 0.230. The van der Waals surface area contributed by atoms with Crippen LogP contribution in [-0.2, 0) is 20.7 Å². The molecule has 0 radical (unpaired) electrons. The maximum absolute atomic E-state index is 12.3. The van der Waals surface area contributed by atoms with E-state index in [1.165, 1.54) is 12.3 Å². The Hall–Kier alpha value is -3.64. The number of nitrogens with one attached hydrogen (secondary N) is 1. The Kier molecular flexibility index (Phi) is 8.14. The predicted molar refractivity (Wildman–Crippen MR) is 108 cm³/mol. The number of anilines is 1. The molecule has 0 aliphatic heterocycles. The van der Waals surface area contributed by atoms with Crippen LogP contribution in [0.15, 0.2) is 36.5 Å². The molecule has 0 fully saturated rings. The molecule has 2 aromatic rings. The van der Waals surface area contributed by atoms with Crippen LogP contribution in [-0.4, -0.2) is 41.2 Å². The molecule has 2 atom stereocenters. The molecule has 1 aromatic carbocycles. The number of esters is 1. The van der Waals surface area contributed by atoms with Gasteiger partial charge in [0.15, 0.2) is 12.7 Å². The van der Waals surface area contributed by atoms with Crippen LogP contribution in [0, 0.1) is 11.3 Å². The summed E-state index contributed by atoms with van der Waals surface area (Å²) in [6, 6.07) is 9.98. The number of aliphatic hydroxyl groups excluding tert-OH is 1. The summed E-state index contributed by atoms with van der Waals surface area (Å²) in [5.41, 5.74) is 6.90. The minimum absolute atomic E-state index is 0.0496. The van der Waals surface area contributed by atoms with E-state index in [1.54, 1.807) is 26.0 Å². The van der Waals surface area contributed by atoms with Crippen molar-refractivity contribution < 1.29 is 24.2 Å². The van der Waals surface area contributed by atoms with Crippen molar-refractivity contribution >= 4 is 17.6 Å². The van der Waals surface area contributed by atoms with Crippen molar-refractivity contribution in [2.75, 3.05) is 18.9 Å². The molecular formula is C21H24N4O5. The van der Waals surface area contributed by atoms with Gasteiger partial charge in [0.05, 0.1) is 29.7 Å². The summed E-state index contributed by atoms with van der Waals surface area (Å²) < 4.78 is 10.1. The van der Waals surface area contributed by atoms with Crippen molar-refractivity contribution in [1.82, 2.24) is 10.3 Å². The monoisotopic (exact) mass is 412 g/mol. The molecule has 2 rings (SSSR count). The molecule has 0 saturated heterocycles. The number of ether oxygens (including phenoxy) is 2. The van der Waals surface area contributed by atoms with Gasteiger partial charge in [0.25, 0.3) is 5.91 Å². The van der Waals surface area contributed by atoms with Gasteiger partial charge in [-0.25, -0.2) is 4.79 Å². The molecule has 4 N–H and O–H groups in total. The van der Waals surface area contributed by atoms with Gasteiger partial charge in [-0.05, 0) is 44.0 Å². The van der Waals surface area contributed by atoms with Crippen LogP contribution in [0.1, 0.15) is 36.8 Å². The Bertz CT molecular complexity index is 924. The quantitative estimate of drug-likeness (QED) is 0.521. The van der Waals surface area contributed by atoms with Gasteiger partial charge in [0, 0.05) is 6.04 Å². The fraction of sp³-hybridized carbons (Fsp3) is 0.333. The minimum atomic E-state index is -1.51. The van der Waals surface area contributed by atoms with Crippen LogP contribution in [0.2, 0.25) is 0 Å². The van der Waals surface area contributed by atoms with Crippen LogP contribution in [0.4, 0.5) is 5.69 Å². The van der Waals surface area contributed by atoms with Crippen LogP contribution in [0.25, 0.3) is 0 Å². The number of aliphatic hydroxyl groups is 1. The number of nitriles is 1. The highest BCUT2D eigenvalue weighted by Crippen LogP contribution is 2.17. The summed E-state index contributed by atoms with van der Waals surface area (Å²) in [5.74, 6) is -0.534. The van der Waals surface area contributed by atoms with E-state index < -0.39 is 18.0 Å². The van der Waals surface area contributed by atoms with Gasteiger partial charge in [0.1, 0.15) is 11.8 Å². The van der Waals surface area contributed by atoms with E-state index in [9.17, 15) is 14.7 Å². The molecular weight excluding hydrogens is 388 g/mol. The molecule has 0 aliphatic carbocycles. The number of benzene rings is 1. The van der Waals surface area contributed by atoms with E-state index in [2.05, 4.69) is 10.3 Å². The zero-order chi connectivity index (χ0) is 22.1. The number of nitrogens with zero attached hydrogens (tertiary/aromatic N) is 2. The fourth-order valence-corrected chi connectivity index (χ4v) is 2.66. The largest absolute Gasteiger partial charge is 0.482 e. The standard InChI is InChI=1S/C21H24N4O5/c1-3-29-19(26)12-30-16-6-4-14(5-7-16)8-13(2)25-21(28)20(27)18-9-15(10-22)17(23)11-24-18/h4-7,9,11,13,20,27H,3,8,12,23H2,1-2H3,(H,25,28). The van der Waals surface area contributed by atoms with Crippen LogP contribution in [0.3, 0.4) is 0 Å². The van der Waals surface area contributed by atoms with Crippen molar-refractivity contribution in [2.24, 2.45) is 0 Å². The second kappa shape index (κ2) is 10.8. The molecule has 158 valence electrons. The van der Waals surface area contributed by atoms with Gasteiger partial charge in [-0.15, -0.1) is 0 Å². The number of rotatable bonds is 9. The van der Waals surface area contributed by atoms with Crippen LogP contribution >= 0.6 is 0 Å². The molecule has 1 heterocycles. The molecule has 0 spiro atoms. The first kappa shape index (κ1) is 22.6. The minimum Gasteiger partial charge on any atom is -0.482 e. The topological polar surface area (TPSA) is 148 Å². The lowest BCUT2D eigenvalue weighted by Crippen LogP contribution is -2.37. The zero-order valence-corrected chi connectivity index (χ0v) is 16.8. The Morgan fingerprint density at radius 3 is 2.67 bits per heavy atom. The predicted octanol–water partition coefficient (Wildman–Crippen LogP) is 1.26. The van der Waals surface area contributed by atoms with E-state index in [-0.39, 0.29) is 29.6 Å². The van der Waals surface area contributed by atoms with Gasteiger partial charge >= 0.3 is 5.97 Å². The van der Waals surface area contributed by atoms with Gasteiger partial charge in [-0.1, -0.05) is 12.1 Å². The number of pyridine rings is 1. The van der Waals surface area contributed by atoms with E-state index >= 15 is 0 Å². The SMILES string of the molecule is CCOC(=O)COc1ccc(CC(C)NC(=O)C(O)c2cc(C#N)c(N)cn2)cc1. The summed E-state index contributed by atoms with van der Waals surface area (Å²) in [4.78, 5) is 27.5. The maximum Gasteiger partial charge on any atom is 0.344 e. The molecule has 9 nitrogen and oxygen atoms in total. The third kappa shape index (κ3) is 6.46. The smallest absolute Gasteiger partial charge is 0.344 e. The zero-order valence-electron chi connectivity index (χ0n) is 16.8. The number of nitrogen functional groups attached to an aromatic ring is 1. The Morgan fingerprint density at radius 2 is 2.03 bits per heavy atom. The Morgan fingerprint density at radius 1 is 1.33 bits per heavy atom. The number of carbonyl (C=O) groups excluding carboxylic acids is 2. The average Bonchev–Trinajstić information content (AvgIpc) is 2.73. The van der Waals surface area contributed by atoms with Crippen molar-refractivity contribution in [2.45, 2.75) is 32.4 Å². The lowest BCUT2D eigenvalue weighted by atomic mass is 10.1. The van der Waals surface area contributed by atoms with Crippen molar-refractivity contribution in [3.05, 3.63) is 53.3 Å². The molecule has 1 aromatic heterocycles. The number of hydrogen-bond acceptors (Lipinski definition) is 8. The van der Waals surface area contributed by atoms with E-state index in [0.29, 0.717) is 18.8 Å². The van der Waals surface area contributed by atoms with Gasteiger partial charge in [-0.3, -0.25) is 9.78 Å². The van der Waals surface area contributed by atoms with Gasteiger partial charge in [-0.2, -0.15) is 5.26 Å². The van der Waals surface area contributed by atoms with Crippen molar-refractivity contribution in [3.8, 4) is 11.8 Å². The fourth-order valence-electron chi connectivity index (χ4n) is 2.66. The molecule has 0 aliphatic rings. The molecule has 30 heavy (non-hydrogen) atoms. The normalized spacial score (nSPS) is 12.3. The highest BCUT2D eigenvalue weighted by atomic mass is 16.6. The number of carbonyl (C=O) groups is 2. The van der Waals surface area contributed by atoms with E-state index in [1.807, 2.05) is 18.2 Å². The van der Waals surface area contributed by atoms with Gasteiger partial charge < -0.3 is 25.6 Å². The van der Waals surface area contributed by atoms with Crippen molar-refractivity contribution in [1.29, 1.82) is 5.26 Å². The summed E-state index contributed by atoms with van der Waals surface area (Å²) in [6.45, 7) is 3.66. The number of hydrogen-bond donors (Lipinski definition) is 3. The Labute approximate surface area is 174 Å². The van der Waals surface area contributed by atoms with E-state index in [4.69, 9.17) is 20.5 Å². The van der Waals surface area contributed by atoms with Gasteiger partial charge in [0.2, 0.25) is 0 Å². The molecule has 0 bridgehead atoms. The first-order valence-electron chi connectivity index (χ1n) is 9.35. The van der Waals surface area contributed by atoms with E-state index in [0.717, 1.165) is 5.56 Å². The first-order chi connectivity index (χ1) is 14.3. The number of amides is 1. The maximum atomic E-state index is 12.3. The lowest BCUT2D eigenvalue weighted by molar-refractivity contribution is -0.145. The molecule has 1 amide bonds. The second-order valence-electron chi connectivity index (χ2n) is 6.56. The van der Waals surface area contributed by atoms with Crippen LogP contribution in [0.5, 0.6) is 5.75 Å². The summed E-state index contributed by atoms with van der Waals surface area (Å²) in [5, 5.41) is 21.9. The third-order valence-electron chi connectivity index (χ3n) is 4.12. The summed E-state index contributed by atoms with van der Waals surface area (Å²) >= 11 is 0. The number of nitrogens with two attached hydrogens (primary N) is 1. The highest BCUT2D eigenvalue weighted by Gasteiger charge is 2.21. The molecule has 0 saturated carbocycles. The molecule has 9 heteroatoms. The van der Waals surface area contributed by atoms with Crippen molar-refractivity contribution in [3.63, 3.8) is 0 Å². The summed E-state index contributed by atoms with van der Waals surface area (Å²) in [7, 11) is 0. The highest BCUT2D eigenvalue weighted by molar-refractivity contribution is 5.82. The number of aromatic nitrogens is 1. The molecule has 2 unspecified atom stereocenters. The Balaban J connectivity index is 1.88. The second-order valence-corrected chi connectivity index (χ2v) is 6.56. The lowest BCUT2D eigenvalue weighted by Gasteiger charge is -2.17. The third-order valence-corrected chi connectivity index (χ3v) is 4.12. The average molecular weight is 412 g/mol.